The first-order chi connectivity index (χ1) is 10.2. The fourth-order valence-electron chi connectivity index (χ4n) is 2.10. The van der Waals surface area contributed by atoms with Crippen LogP contribution in [0.3, 0.4) is 0 Å². The Balaban J connectivity index is 2.55. The van der Waals surface area contributed by atoms with Crippen molar-refractivity contribution in [2.45, 2.75) is 27.2 Å². The van der Waals surface area contributed by atoms with E-state index in [1.165, 1.54) is 12.4 Å². The van der Waals surface area contributed by atoms with Crippen molar-refractivity contribution in [1.29, 1.82) is 0 Å². The number of nitrogen functional groups attached to an aromatic ring is 1. The zero-order chi connectivity index (χ0) is 15.7. The minimum atomic E-state index is -0.0897. The van der Waals surface area contributed by atoms with Crippen LogP contribution in [0.25, 0.3) is 0 Å². The topological polar surface area (TPSA) is 87.4 Å². The smallest absolute Gasteiger partial charge is 0.274 e. The van der Waals surface area contributed by atoms with E-state index in [9.17, 15) is 4.79 Å². The number of carbonyl (C=O) groups excluding carboxylic acids is 1. The third kappa shape index (κ3) is 5.28. The summed E-state index contributed by atoms with van der Waals surface area (Å²) >= 11 is 0. The highest BCUT2D eigenvalue weighted by Crippen LogP contribution is 2.05. The van der Waals surface area contributed by atoms with Gasteiger partial charge in [0.05, 0.1) is 12.4 Å². The molecule has 0 spiro atoms. The Morgan fingerprint density at radius 3 is 2.33 bits per heavy atom. The van der Waals surface area contributed by atoms with Gasteiger partial charge in [0.25, 0.3) is 5.91 Å². The van der Waals surface area contributed by atoms with Crippen molar-refractivity contribution in [3.63, 3.8) is 0 Å². The molecular weight excluding hydrogens is 268 g/mol. The van der Waals surface area contributed by atoms with E-state index in [2.05, 4.69) is 34.1 Å². The number of rotatable bonds is 9. The summed E-state index contributed by atoms with van der Waals surface area (Å²) in [5, 5.41) is 0. The van der Waals surface area contributed by atoms with Crippen molar-refractivity contribution >= 4 is 11.7 Å². The van der Waals surface area contributed by atoms with Gasteiger partial charge in [-0.2, -0.15) is 0 Å². The summed E-state index contributed by atoms with van der Waals surface area (Å²) in [5.74, 6) is 5.58. The van der Waals surface area contributed by atoms with Gasteiger partial charge in [-0.05, 0) is 33.0 Å². The van der Waals surface area contributed by atoms with Crippen molar-refractivity contribution in [2.75, 3.05) is 38.1 Å². The number of nitrogens with one attached hydrogen (secondary N) is 1. The van der Waals surface area contributed by atoms with Gasteiger partial charge in [-0.15, -0.1) is 0 Å². The third-order valence-electron chi connectivity index (χ3n) is 3.48. The number of nitrogens with zero attached hydrogens (tertiary/aromatic N) is 4. The summed E-state index contributed by atoms with van der Waals surface area (Å²) in [6.45, 7) is 10.7. The molecule has 0 radical (unpaired) electrons. The average Bonchev–Trinajstić information content (AvgIpc) is 2.55. The molecular formula is C14H26N6O. The van der Waals surface area contributed by atoms with E-state index in [4.69, 9.17) is 5.84 Å². The lowest BCUT2D eigenvalue weighted by Gasteiger charge is -2.23. The SMILES string of the molecule is CCN(CC)CCCN(CC)C(=O)c1cnc(NN)cn1. The molecule has 7 nitrogen and oxygen atoms in total. The third-order valence-corrected chi connectivity index (χ3v) is 3.48. The highest BCUT2D eigenvalue weighted by Gasteiger charge is 2.15. The predicted octanol–water partition coefficient (Wildman–Crippen LogP) is 0.956. The maximum Gasteiger partial charge on any atom is 0.274 e. The van der Waals surface area contributed by atoms with Gasteiger partial charge < -0.3 is 15.2 Å². The van der Waals surface area contributed by atoms with E-state index in [1.54, 1.807) is 4.90 Å². The van der Waals surface area contributed by atoms with Crippen LogP contribution < -0.4 is 11.3 Å². The molecule has 1 rings (SSSR count). The van der Waals surface area contributed by atoms with Crippen LogP contribution in [-0.4, -0.2) is 58.4 Å². The van der Waals surface area contributed by atoms with Gasteiger partial charge in [-0.3, -0.25) is 4.79 Å². The number of hydrazine groups is 1. The Bertz CT molecular complexity index is 418. The van der Waals surface area contributed by atoms with Gasteiger partial charge >= 0.3 is 0 Å². The molecule has 0 unspecified atom stereocenters. The summed E-state index contributed by atoms with van der Waals surface area (Å²) in [7, 11) is 0. The lowest BCUT2D eigenvalue weighted by atomic mass is 10.3. The summed E-state index contributed by atoms with van der Waals surface area (Å²) in [6.07, 6.45) is 3.86. The van der Waals surface area contributed by atoms with Crippen molar-refractivity contribution in [1.82, 2.24) is 19.8 Å². The van der Waals surface area contributed by atoms with Crippen LogP contribution in [0.4, 0.5) is 5.82 Å². The minimum absolute atomic E-state index is 0.0897. The minimum Gasteiger partial charge on any atom is -0.337 e. The van der Waals surface area contributed by atoms with Crippen molar-refractivity contribution in [3.05, 3.63) is 18.1 Å². The predicted molar refractivity (Wildman–Crippen MR) is 83.8 cm³/mol. The molecule has 0 aromatic carbocycles. The molecule has 118 valence electrons. The van der Waals surface area contributed by atoms with Gasteiger partial charge in [0.1, 0.15) is 5.69 Å². The van der Waals surface area contributed by atoms with E-state index in [0.29, 0.717) is 18.1 Å². The quantitative estimate of drug-likeness (QED) is 0.521. The van der Waals surface area contributed by atoms with Crippen molar-refractivity contribution in [2.24, 2.45) is 5.84 Å². The normalized spacial score (nSPS) is 10.7. The van der Waals surface area contributed by atoms with Gasteiger partial charge in [0, 0.05) is 13.1 Å². The standard InChI is InChI=1S/C14H26N6O/c1-4-19(5-2)8-7-9-20(6-3)14(21)12-10-17-13(18-15)11-16-12/h10-11H,4-9,15H2,1-3H3,(H,17,18). The molecule has 1 heterocycles. The first kappa shape index (κ1) is 17.3. The van der Waals surface area contributed by atoms with Crippen LogP contribution >= 0.6 is 0 Å². The molecule has 0 bridgehead atoms. The fourth-order valence-corrected chi connectivity index (χ4v) is 2.10. The van der Waals surface area contributed by atoms with Crippen LogP contribution in [0, 0.1) is 0 Å². The van der Waals surface area contributed by atoms with E-state index in [0.717, 1.165) is 32.6 Å². The number of aromatic nitrogens is 2. The summed E-state index contributed by atoms with van der Waals surface area (Å²) in [6, 6.07) is 0. The Morgan fingerprint density at radius 1 is 1.14 bits per heavy atom. The molecule has 1 amide bonds. The number of hydrogen-bond donors (Lipinski definition) is 2. The second kappa shape index (κ2) is 9.25. The summed E-state index contributed by atoms with van der Waals surface area (Å²) in [5.41, 5.74) is 2.74. The van der Waals surface area contributed by atoms with Crippen LogP contribution in [0.1, 0.15) is 37.7 Å². The lowest BCUT2D eigenvalue weighted by Crippen LogP contribution is -2.34. The van der Waals surface area contributed by atoms with Gasteiger partial charge in [-0.25, -0.2) is 15.8 Å². The molecule has 21 heavy (non-hydrogen) atoms. The molecule has 1 aromatic rings. The van der Waals surface area contributed by atoms with Crippen molar-refractivity contribution < 1.29 is 4.79 Å². The molecule has 0 aliphatic heterocycles. The molecule has 0 saturated carbocycles. The first-order valence-electron chi connectivity index (χ1n) is 7.46. The van der Waals surface area contributed by atoms with Crippen LogP contribution in [0.5, 0.6) is 0 Å². The van der Waals surface area contributed by atoms with Crippen molar-refractivity contribution in [3.8, 4) is 0 Å². The van der Waals surface area contributed by atoms with Crippen LogP contribution in [0.2, 0.25) is 0 Å². The number of carbonyl (C=O) groups is 1. The van der Waals surface area contributed by atoms with Crippen LogP contribution in [-0.2, 0) is 0 Å². The molecule has 7 heteroatoms. The fraction of sp³-hybridized carbons (Fsp3) is 0.643. The number of nitrogens with two attached hydrogens (primary N) is 1. The Labute approximate surface area is 126 Å². The molecule has 0 aliphatic rings. The monoisotopic (exact) mass is 294 g/mol. The highest BCUT2D eigenvalue weighted by atomic mass is 16.2. The largest absolute Gasteiger partial charge is 0.337 e. The molecule has 3 N–H and O–H groups in total. The number of anilines is 1. The van der Waals surface area contributed by atoms with Crippen LogP contribution in [0.15, 0.2) is 12.4 Å². The van der Waals surface area contributed by atoms with E-state index in [-0.39, 0.29) is 5.91 Å². The first-order valence-corrected chi connectivity index (χ1v) is 7.46. The molecule has 1 aromatic heterocycles. The zero-order valence-corrected chi connectivity index (χ0v) is 13.2. The summed E-state index contributed by atoms with van der Waals surface area (Å²) in [4.78, 5) is 24.6. The van der Waals surface area contributed by atoms with Gasteiger partial charge in [0.15, 0.2) is 5.82 Å². The van der Waals surface area contributed by atoms with E-state index in [1.807, 2.05) is 6.92 Å². The number of amides is 1. The molecule has 0 saturated heterocycles. The summed E-state index contributed by atoms with van der Waals surface area (Å²) < 4.78 is 0. The van der Waals surface area contributed by atoms with Gasteiger partial charge in [0.2, 0.25) is 0 Å². The maximum atomic E-state index is 12.3. The van der Waals surface area contributed by atoms with E-state index < -0.39 is 0 Å². The Kier molecular flexibility index (Phi) is 7.63. The average molecular weight is 294 g/mol. The maximum absolute atomic E-state index is 12.3. The second-order valence-electron chi connectivity index (χ2n) is 4.70. The van der Waals surface area contributed by atoms with Gasteiger partial charge in [-0.1, -0.05) is 13.8 Å². The highest BCUT2D eigenvalue weighted by molar-refractivity contribution is 5.92. The molecule has 0 fully saturated rings. The Morgan fingerprint density at radius 2 is 1.86 bits per heavy atom. The Hall–Kier alpha value is -1.73. The molecule has 0 aliphatic carbocycles. The second-order valence-corrected chi connectivity index (χ2v) is 4.70. The molecule has 0 atom stereocenters. The number of hydrogen-bond acceptors (Lipinski definition) is 6. The zero-order valence-electron chi connectivity index (χ0n) is 13.2. The van der Waals surface area contributed by atoms with E-state index >= 15 is 0 Å². The lowest BCUT2D eigenvalue weighted by molar-refractivity contribution is 0.0751.